The molecule has 1 amide bonds. The Bertz CT molecular complexity index is 424. The van der Waals surface area contributed by atoms with Crippen molar-refractivity contribution in [3.63, 3.8) is 0 Å². The summed E-state index contributed by atoms with van der Waals surface area (Å²) in [4.78, 5) is 13.3. The third-order valence-electron chi connectivity index (χ3n) is 3.52. The van der Waals surface area contributed by atoms with Crippen LogP contribution in [-0.4, -0.2) is 49.8 Å². The van der Waals surface area contributed by atoms with Gasteiger partial charge in [-0.05, 0) is 18.6 Å². The number of hydrogen-bond acceptors (Lipinski definition) is 4. The number of hydrogen-bond donors (Lipinski definition) is 1. The predicted molar refractivity (Wildman–Crippen MR) is 71.9 cm³/mol. The molecule has 0 aromatic heterocycles. The van der Waals surface area contributed by atoms with Crippen molar-refractivity contribution in [3.05, 3.63) is 30.3 Å². The van der Waals surface area contributed by atoms with E-state index < -0.39 is 5.60 Å². The molecule has 0 aliphatic carbocycles. The van der Waals surface area contributed by atoms with Crippen molar-refractivity contribution in [1.82, 2.24) is 4.90 Å². The summed E-state index contributed by atoms with van der Waals surface area (Å²) < 4.78 is 11.3. The molecule has 0 spiro atoms. The van der Waals surface area contributed by atoms with Gasteiger partial charge in [0.2, 0.25) is 5.91 Å². The zero-order valence-corrected chi connectivity index (χ0v) is 11.2. The summed E-state index contributed by atoms with van der Waals surface area (Å²) in [6.45, 7) is 1.68. The lowest BCUT2D eigenvalue weighted by atomic mass is 10.0. The zero-order chi connectivity index (χ0) is 13.7. The molecule has 0 saturated carbocycles. The Morgan fingerprint density at radius 3 is 2.79 bits per heavy atom. The maximum atomic E-state index is 11.6. The van der Waals surface area contributed by atoms with E-state index in [1.807, 2.05) is 30.3 Å². The summed E-state index contributed by atoms with van der Waals surface area (Å²) in [5.74, 6) is 0.765. The second-order valence-corrected chi connectivity index (χ2v) is 4.76. The molecule has 19 heavy (non-hydrogen) atoms. The Balaban J connectivity index is 1.95. The molecule has 0 unspecified atom stereocenters. The van der Waals surface area contributed by atoms with E-state index >= 15 is 0 Å². The van der Waals surface area contributed by atoms with Gasteiger partial charge in [-0.2, -0.15) is 0 Å². The maximum Gasteiger partial charge on any atom is 0.236 e. The molecule has 0 bridgehead atoms. The smallest absolute Gasteiger partial charge is 0.236 e. The first-order valence-corrected chi connectivity index (χ1v) is 6.40. The number of benzene rings is 1. The first-order valence-electron chi connectivity index (χ1n) is 6.40. The minimum Gasteiger partial charge on any atom is -0.491 e. The third kappa shape index (κ3) is 3.24. The fourth-order valence-corrected chi connectivity index (χ4v) is 2.26. The van der Waals surface area contributed by atoms with Gasteiger partial charge in [0.1, 0.15) is 18.0 Å². The fraction of sp³-hybridized carbons (Fsp3) is 0.500. The Morgan fingerprint density at radius 2 is 2.16 bits per heavy atom. The zero-order valence-electron chi connectivity index (χ0n) is 11.2. The van der Waals surface area contributed by atoms with Crippen molar-refractivity contribution in [2.45, 2.75) is 12.0 Å². The number of nitrogens with zero attached hydrogens (tertiary/aromatic N) is 1. The van der Waals surface area contributed by atoms with E-state index in [2.05, 4.69) is 0 Å². The van der Waals surface area contributed by atoms with Crippen LogP contribution in [0.4, 0.5) is 0 Å². The van der Waals surface area contributed by atoms with Gasteiger partial charge in [0, 0.05) is 13.7 Å². The number of carbonyl (C=O) groups excluding carboxylic acids is 1. The number of likely N-dealkylation sites (tertiary alicyclic amines) is 1. The highest BCUT2D eigenvalue weighted by Crippen LogP contribution is 2.26. The summed E-state index contributed by atoms with van der Waals surface area (Å²) in [5, 5.41) is 0. The largest absolute Gasteiger partial charge is 0.491 e. The molecule has 2 N–H and O–H groups in total. The molecule has 1 aliphatic rings. The van der Waals surface area contributed by atoms with Crippen LogP contribution >= 0.6 is 0 Å². The van der Waals surface area contributed by atoms with Gasteiger partial charge in [0.25, 0.3) is 0 Å². The maximum absolute atomic E-state index is 11.6. The number of ether oxygens (including phenoxy) is 2. The average molecular weight is 264 g/mol. The summed E-state index contributed by atoms with van der Waals surface area (Å²) in [7, 11) is 1.66. The summed E-state index contributed by atoms with van der Waals surface area (Å²) in [6, 6.07) is 9.60. The predicted octanol–water partition coefficient (Wildman–Crippen LogP) is 0.642. The summed E-state index contributed by atoms with van der Waals surface area (Å²) >= 11 is 0. The Morgan fingerprint density at radius 1 is 1.42 bits per heavy atom. The van der Waals surface area contributed by atoms with Crippen LogP contribution in [0.25, 0.3) is 0 Å². The Kier molecular flexibility index (Phi) is 4.39. The minimum absolute atomic E-state index is 0.0410. The highest BCUT2D eigenvalue weighted by atomic mass is 16.5. The molecular weight excluding hydrogens is 244 g/mol. The molecule has 104 valence electrons. The highest BCUT2D eigenvalue weighted by Gasteiger charge is 2.40. The number of nitrogens with two attached hydrogens (primary N) is 1. The van der Waals surface area contributed by atoms with Gasteiger partial charge in [-0.25, -0.2) is 0 Å². The lowest BCUT2D eigenvalue weighted by molar-refractivity contribution is -0.130. The van der Waals surface area contributed by atoms with Crippen LogP contribution in [0.1, 0.15) is 6.42 Å². The van der Waals surface area contributed by atoms with E-state index in [-0.39, 0.29) is 12.5 Å². The molecule has 5 nitrogen and oxygen atoms in total. The van der Waals surface area contributed by atoms with E-state index in [4.69, 9.17) is 15.2 Å². The van der Waals surface area contributed by atoms with Crippen LogP contribution in [0.2, 0.25) is 0 Å². The van der Waals surface area contributed by atoms with Gasteiger partial charge in [-0.3, -0.25) is 4.79 Å². The monoisotopic (exact) mass is 264 g/mol. The fourth-order valence-electron chi connectivity index (χ4n) is 2.26. The standard InChI is InChI=1S/C14H20N2O3/c1-18-14(7-8-16(10-14)13(17)9-15)11-19-12-5-3-2-4-6-12/h2-6H,7-11,15H2,1H3/t14-/m0/s1. The summed E-state index contributed by atoms with van der Waals surface area (Å²) in [5.41, 5.74) is 4.95. The van der Waals surface area contributed by atoms with Crippen LogP contribution in [0.3, 0.4) is 0 Å². The number of para-hydroxylation sites is 1. The first-order chi connectivity index (χ1) is 9.19. The minimum atomic E-state index is -0.430. The molecule has 1 heterocycles. The number of carbonyl (C=O) groups is 1. The number of amides is 1. The lowest BCUT2D eigenvalue weighted by Crippen LogP contribution is -2.43. The van der Waals surface area contributed by atoms with E-state index in [0.717, 1.165) is 12.2 Å². The topological polar surface area (TPSA) is 64.8 Å². The van der Waals surface area contributed by atoms with E-state index in [9.17, 15) is 4.79 Å². The molecule has 1 aromatic carbocycles. The number of methoxy groups -OCH3 is 1. The molecule has 1 atom stereocenters. The molecule has 1 aliphatic heterocycles. The van der Waals surface area contributed by atoms with Gasteiger partial charge in [0.15, 0.2) is 0 Å². The van der Waals surface area contributed by atoms with E-state index in [1.165, 1.54) is 0 Å². The van der Waals surface area contributed by atoms with Crippen molar-refractivity contribution < 1.29 is 14.3 Å². The van der Waals surface area contributed by atoms with E-state index in [0.29, 0.717) is 19.7 Å². The highest BCUT2D eigenvalue weighted by molar-refractivity contribution is 5.78. The van der Waals surface area contributed by atoms with Crippen molar-refractivity contribution in [2.75, 3.05) is 33.4 Å². The molecule has 0 radical (unpaired) electrons. The van der Waals surface area contributed by atoms with Crippen LogP contribution in [0.15, 0.2) is 30.3 Å². The summed E-state index contributed by atoms with van der Waals surface area (Å²) in [6.07, 6.45) is 0.766. The van der Waals surface area contributed by atoms with Gasteiger partial charge in [0.05, 0.1) is 13.1 Å². The van der Waals surface area contributed by atoms with Crippen molar-refractivity contribution >= 4 is 5.91 Å². The molecule has 1 fully saturated rings. The van der Waals surface area contributed by atoms with Gasteiger partial charge < -0.3 is 20.1 Å². The third-order valence-corrected chi connectivity index (χ3v) is 3.52. The lowest BCUT2D eigenvalue weighted by Gasteiger charge is -2.27. The normalized spacial score (nSPS) is 22.5. The van der Waals surface area contributed by atoms with E-state index in [1.54, 1.807) is 12.0 Å². The van der Waals surface area contributed by atoms with Crippen LogP contribution in [0, 0.1) is 0 Å². The SMILES string of the molecule is CO[C@@]1(COc2ccccc2)CCN(C(=O)CN)C1. The van der Waals surface area contributed by atoms with Crippen molar-refractivity contribution in [2.24, 2.45) is 5.73 Å². The van der Waals surface area contributed by atoms with Gasteiger partial charge in [-0.15, -0.1) is 0 Å². The Labute approximate surface area is 113 Å². The molecule has 2 rings (SSSR count). The molecular formula is C14H20N2O3. The molecule has 1 aromatic rings. The quantitative estimate of drug-likeness (QED) is 0.847. The Hall–Kier alpha value is -1.59. The van der Waals surface area contributed by atoms with Crippen LogP contribution in [0.5, 0.6) is 5.75 Å². The molecule has 1 saturated heterocycles. The van der Waals surface area contributed by atoms with Crippen LogP contribution in [-0.2, 0) is 9.53 Å². The number of rotatable bonds is 5. The molecule has 5 heteroatoms. The second-order valence-electron chi connectivity index (χ2n) is 4.76. The second kappa shape index (κ2) is 6.04. The van der Waals surface area contributed by atoms with Crippen molar-refractivity contribution in [1.29, 1.82) is 0 Å². The van der Waals surface area contributed by atoms with Gasteiger partial charge in [-0.1, -0.05) is 18.2 Å². The first kappa shape index (κ1) is 13.8. The van der Waals surface area contributed by atoms with Crippen molar-refractivity contribution in [3.8, 4) is 5.75 Å². The van der Waals surface area contributed by atoms with Crippen LogP contribution < -0.4 is 10.5 Å². The van der Waals surface area contributed by atoms with Gasteiger partial charge >= 0.3 is 0 Å². The average Bonchev–Trinajstić information content (AvgIpc) is 2.91.